The van der Waals surface area contributed by atoms with Gasteiger partial charge in [-0.2, -0.15) is 0 Å². The van der Waals surface area contributed by atoms with E-state index in [4.69, 9.17) is 0 Å². The predicted molar refractivity (Wildman–Crippen MR) is 88.6 cm³/mol. The largest absolute Gasteiger partial charge is 0.328 e. The van der Waals surface area contributed by atoms with Gasteiger partial charge in [0.1, 0.15) is 0 Å². The molecular weight excluding hydrogens is 262 g/mol. The van der Waals surface area contributed by atoms with Crippen LogP contribution in [-0.2, 0) is 14.1 Å². The standard InChI is InChI=1S/C17H27N3O/c1-6-8-12(3)16(18-7-2)13-9-10-14-15(11-13)20(5)17(21)19(14)4/h9-12,16,18H,6-8H2,1-5H3. The molecule has 0 saturated carbocycles. The minimum absolute atomic E-state index is 0.0313. The molecule has 0 aliphatic rings. The molecule has 0 saturated heterocycles. The maximum Gasteiger partial charge on any atom is 0.328 e. The summed E-state index contributed by atoms with van der Waals surface area (Å²) in [5, 5.41) is 3.59. The van der Waals surface area contributed by atoms with Gasteiger partial charge < -0.3 is 5.32 Å². The summed E-state index contributed by atoms with van der Waals surface area (Å²) >= 11 is 0. The lowest BCUT2D eigenvalue weighted by molar-refractivity contribution is 0.369. The third kappa shape index (κ3) is 2.91. The van der Waals surface area contributed by atoms with E-state index in [9.17, 15) is 4.79 Å². The number of nitrogens with one attached hydrogen (secondary N) is 1. The number of rotatable bonds is 6. The van der Waals surface area contributed by atoms with E-state index in [1.807, 2.05) is 14.1 Å². The Morgan fingerprint density at radius 3 is 2.43 bits per heavy atom. The van der Waals surface area contributed by atoms with E-state index < -0.39 is 0 Å². The molecule has 0 radical (unpaired) electrons. The van der Waals surface area contributed by atoms with Crippen LogP contribution >= 0.6 is 0 Å². The Morgan fingerprint density at radius 2 is 1.81 bits per heavy atom. The second kappa shape index (κ2) is 6.48. The molecule has 1 heterocycles. The van der Waals surface area contributed by atoms with Crippen molar-refractivity contribution in [1.29, 1.82) is 0 Å². The fraction of sp³-hybridized carbons (Fsp3) is 0.588. The normalized spacial score (nSPS) is 14.5. The zero-order valence-corrected chi connectivity index (χ0v) is 13.8. The number of fused-ring (bicyclic) bond motifs is 1. The fourth-order valence-electron chi connectivity index (χ4n) is 3.21. The second-order valence-corrected chi connectivity index (χ2v) is 5.95. The molecule has 2 unspecified atom stereocenters. The molecule has 2 atom stereocenters. The molecule has 21 heavy (non-hydrogen) atoms. The Labute approximate surface area is 126 Å². The minimum Gasteiger partial charge on any atom is -0.310 e. The highest BCUT2D eigenvalue weighted by Crippen LogP contribution is 2.27. The Hall–Kier alpha value is -1.55. The summed E-state index contributed by atoms with van der Waals surface area (Å²) in [5.74, 6) is 0.577. The average molecular weight is 289 g/mol. The number of nitrogens with zero attached hydrogens (tertiary/aromatic N) is 2. The van der Waals surface area contributed by atoms with Crippen LogP contribution in [0.3, 0.4) is 0 Å². The van der Waals surface area contributed by atoms with Crippen molar-refractivity contribution < 1.29 is 0 Å². The predicted octanol–water partition coefficient (Wildman–Crippen LogP) is 2.96. The molecule has 1 aromatic carbocycles. The van der Waals surface area contributed by atoms with Crippen molar-refractivity contribution in [3.63, 3.8) is 0 Å². The molecule has 0 amide bonds. The highest BCUT2D eigenvalue weighted by Gasteiger charge is 2.19. The number of hydrogen-bond acceptors (Lipinski definition) is 2. The fourth-order valence-corrected chi connectivity index (χ4v) is 3.21. The highest BCUT2D eigenvalue weighted by atomic mass is 16.1. The number of aryl methyl sites for hydroxylation is 2. The Kier molecular flexibility index (Phi) is 4.88. The molecule has 0 bridgehead atoms. The molecule has 116 valence electrons. The molecule has 1 N–H and O–H groups in total. The second-order valence-electron chi connectivity index (χ2n) is 5.95. The van der Waals surface area contributed by atoms with Crippen molar-refractivity contribution in [2.75, 3.05) is 6.54 Å². The van der Waals surface area contributed by atoms with Crippen molar-refractivity contribution in [3.8, 4) is 0 Å². The SMILES string of the molecule is CCCC(C)C(NCC)c1ccc2c(c1)n(C)c(=O)n2C. The van der Waals surface area contributed by atoms with Gasteiger partial charge in [-0.3, -0.25) is 9.13 Å². The van der Waals surface area contributed by atoms with Gasteiger partial charge in [0.15, 0.2) is 0 Å². The molecule has 0 aliphatic carbocycles. The van der Waals surface area contributed by atoms with Gasteiger partial charge in [0.05, 0.1) is 11.0 Å². The van der Waals surface area contributed by atoms with Gasteiger partial charge >= 0.3 is 5.69 Å². The van der Waals surface area contributed by atoms with Gasteiger partial charge in [-0.1, -0.05) is 33.3 Å². The van der Waals surface area contributed by atoms with E-state index in [1.54, 1.807) is 9.13 Å². The van der Waals surface area contributed by atoms with Gasteiger partial charge in [-0.25, -0.2) is 4.79 Å². The van der Waals surface area contributed by atoms with Crippen molar-refractivity contribution in [1.82, 2.24) is 14.5 Å². The topological polar surface area (TPSA) is 39.0 Å². The lowest BCUT2D eigenvalue weighted by atomic mass is 9.90. The summed E-state index contributed by atoms with van der Waals surface area (Å²) in [6.45, 7) is 7.61. The molecule has 2 aromatic rings. The molecule has 0 aliphatic heterocycles. The summed E-state index contributed by atoms with van der Waals surface area (Å²) in [4.78, 5) is 12.0. The van der Waals surface area contributed by atoms with Gasteiger partial charge in [0.25, 0.3) is 0 Å². The van der Waals surface area contributed by atoms with Gasteiger partial charge in [0.2, 0.25) is 0 Å². The third-order valence-corrected chi connectivity index (χ3v) is 4.39. The lowest BCUT2D eigenvalue weighted by Crippen LogP contribution is -2.26. The van der Waals surface area contributed by atoms with Crippen LogP contribution in [-0.4, -0.2) is 15.7 Å². The first-order valence-electron chi connectivity index (χ1n) is 7.90. The zero-order valence-electron chi connectivity index (χ0n) is 13.8. The van der Waals surface area contributed by atoms with Crippen molar-refractivity contribution in [3.05, 3.63) is 34.2 Å². The monoisotopic (exact) mass is 289 g/mol. The molecule has 4 nitrogen and oxygen atoms in total. The first-order chi connectivity index (χ1) is 10.0. The van der Waals surface area contributed by atoms with Crippen LogP contribution in [0.15, 0.2) is 23.0 Å². The van der Waals surface area contributed by atoms with Crippen molar-refractivity contribution in [2.24, 2.45) is 20.0 Å². The summed E-state index contributed by atoms with van der Waals surface area (Å²) in [7, 11) is 3.66. The van der Waals surface area contributed by atoms with E-state index in [0.29, 0.717) is 12.0 Å². The van der Waals surface area contributed by atoms with E-state index in [2.05, 4.69) is 44.3 Å². The van der Waals surface area contributed by atoms with E-state index >= 15 is 0 Å². The van der Waals surface area contributed by atoms with E-state index in [-0.39, 0.29) is 5.69 Å². The van der Waals surface area contributed by atoms with Gasteiger partial charge in [0, 0.05) is 20.1 Å². The number of aromatic nitrogens is 2. The van der Waals surface area contributed by atoms with Crippen LogP contribution in [0.5, 0.6) is 0 Å². The van der Waals surface area contributed by atoms with Gasteiger partial charge in [-0.15, -0.1) is 0 Å². The zero-order chi connectivity index (χ0) is 15.6. The van der Waals surface area contributed by atoms with Crippen molar-refractivity contribution >= 4 is 11.0 Å². The first-order valence-corrected chi connectivity index (χ1v) is 7.90. The van der Waals surface area contributed by atoms with Crippen molar-refractivity contribution in [2.45, 2.75) is 39.7 Å². The molecule has 0 fully saturated rings. The molecule has 0 spiro atoms. The van der Waals surface area contributed by atoms with Gasteiger partial charge in [-0.05, 0) is 36.6 Å². The smallest absolute Gasteiger partial charge is 0.310 e. The van der Waals surface area contributed by atoms with Crippen LogP contribution in [0.25, 0.3) is 11.0 Å². The Morgan fingerprint density at radius 1 is 1.14 bits per heavy atom. The van der Waals surface area contributed by atoms with Crippen LogP contribution in [0.2, 0.25) is 0 Å². The number of imidazole rings is 1. The van der Waals surface area contributed by atoms with Crippen LogP contribution in [0.4, 0.5) is 0 Å². The highest BCUT2D eigenvalue weighted by molar-refractivity contribution is 5.77. The Bertz CT molecular complexity index is 668. The summed E-state index contributed by atoms with van der Waals surface area (Å²) < 4.78 is 3.43. The van der Waals surface area contributed by atoms with Crippen LogP contribution < -0.4 is 11.0 Å². The van der Waals surface area contributed by atoms with Crippen LogP contribution in [0, 0.1) is 5.92 Å². The van der Waals surface area contributed by atoms with E-state index in [1.165, 1.54) is 18.4 Å². The van der Waals surface area contributed by atoms with Crippen LogP contribution in [0.1, 0.15) is 45.2 Å². The third-order valence-electron chi connectivity index (χ3n) is 4.39. The lowest BCUT2D eigenvalue weighted by Gasteiger charge is -2.25. The quantitative estimate of drug-likeness (QED) is 0.888. The summed E-state index contributed by atoms with van der Waals surface area (Å²) in [6, 6.07) is 6.72. The number of hydrogen-bond donors (Lipinski definition) is 1. The molecule has 4 heteroatoms. The Balaban J connectivity index is 2.49. The molecule has 2 rings (SSSR count). The minimum atomic E-state index is 0.0313. The summed E-state index contributed by atoms with van der Waals surface area (Å²) in [5.41, 5.74) is 3.30. The maximum atomic E-state index is 12.0. The summed E-state index contributed by atoms with van der Waals surface area (Å²) in [6.07, 6.45) is 2.39. The van der Waals surface area contributed by atoms with E-state index in [0.717, 1.165) is 17.6 Å². The number of benzene rings is 1. The maximum absolute atomic E-state index is 12.0. The molecule has 1 aromatic heterocycles. The first kappa shape index (κ1) is 15.8. The average Bonchev–Trinajstić information content (AvgIpc) is 2.69. The molecular formula is C17H27N3O.